The summed E-state index contributed by atoms with van der Waals surface area (Å²) in [6.07, 6.45) is 0.676. The Morgan fingerprint density at radius 3 is 2.41 bits per heavy atom. The van der Waals surface area contributed by atoms with E-state index in [9.17, 15) is 13.2 Å². The van der Waals surface area contributed by atoms with Gasteiger partial charge in [-0.15, -0.1) is 0 Å². The number of rotatable bonds is 10. The van der Waals surface area contributed by atoms with Gasteiger partial charge >= 0.3 is 0 Å². The fourth-order valence-electron chi connectivity index (χ4n) is 2.60. The van der Waals surface area contributed by atoms with E-state index < -0.39 is 10.0 Å². The van der Waals surface area contributed by atoms with Crippen molar-refractivity contribution in [2.75, 3.05) is 30.6 Å². The van der Waals surface area contributed by atoms with Crippen molar-refractivity contribution >= 4 is 21.6 Å². The summed E-state index contributed by atoms with van der Waals surface area (Å²) in [5.74, 6) is -0.353. The summed E-state index contributed by atoms with van der Waals surface area (Å²) in [7, 11) is -3.86. The second-order valence-corrected chi connectivity index (χ2v) is 7.87. The second-order valence-electron chi connectivity index (χ2n) is 6.01. The predicted molar refractivity (Wildman–Crippen MR) is 106 cm³/mol. The lowest BCUT2D eigenvalue weighted by atomic mass is 10.2. The van der Waals surface area contributed by atoms with E-state index in [2.05, 4.69) is 5.32 Å². The molecule has 0 spiro atoms. The van der Waals surface area contributed by atoms with Gasteiger partial charge in [0, 0.05) is 19.8 Å². The van der Waals surface area contributed by atoms with Crippen molar-refractivity contribution in [3.63, 3.8) is 0 Å². The quantitative estimate of drug-likeness (QED) is 0.633. The van der Waals surface area contributed by atoms with Crippen LogP contribution in [-0.4, -0.2) is 40.6 Å². The Bertz CT molecular complexity index is 838. The van der Waals surface area contributed by atoms with Crippen LogP contribution in [0.5, 0.6) is 0 Å². The van der Waals surface area contributed by atoms with Crippen molar-refractivity contribution in [1.29, 1.82) is 0 Å². The van der Waals surface area contributed by atoms with Gasteiger partial charge < -0.3 is 10.1 Å². The first-order valence-electron chi connectivity index (χ1n) is 8.94. The Morgan fingerprint density at radius 2 is 1.74 bits per heavy atom. The fraction of sp³-hybridized carbons (Fsp3) is 0.350. The summed E-state index contributed by atoms with van der Waals surface area (Å²) in [4.78, 5) is 12.5. The Balaban J connectivity index is 2.22. The first kappa shape index (κ1) is 20.9. The number of benzene rings is 2. The Morgan fingerprint density at radius 1 is 1.07 bits per heavy atom. The summed E-state index contributed by atoms with van der Waals surface area (Å²) in [6, 6.07) is 15.3. The minimum atomic E-state index is -3.86. The Labute approximate surface area is 161 Å². The molecule has 0 aliphatic heterocycles. The van der Waals surface area contributed by atoms with Crippen LogP contribution in [0.25, 0.3) is 0 Å². The van der Waals surface area contributed by atoms with E-state index in [1.807, 2.05) is 26.0 Å². The molecule has 0 unspecified atom stereocenters. The molecule has 0 aliphatic carbocycles. The number of para-hydroxylation sites is 1. The highest BCUT2D eigenvalue weighted by molar-refractivity contribution is 7.92. The van der Waals surface area contributed by atoms with Crippen LogP contribution in [-0.2, 0) is 19.6 Å². The standard InChI is InChI=1S/C20H26N2O4S/c1-3-26-15-9-14-21-20(23)16-22(19-13-8-7-10-17(19)2)27(24,25)18-11-5-4-6-12-18/h4-8,10-13H,3,9,14-16H2,1-2H3,(H,21,23). The highest BCUT2D eigenvalue weighted by atomic mass is 32.2. The van der Waals surface area contributed by atoms with Gasteiger partial charge in [0.25, 0.3) is 10.0 Å². The topological polar surface area (TPSA) is 75.7 Å². The zero-order chi connectivity index (χ0) is 19.7. The number of anilines is 1. The number of hydrogen-bond donors (Lipinski definition) is 1. The van der Waals surface area contributed by atoms with Crippen molar-refractivity contribution in [2.24, 2.45) is 0 Å². The van der Waals surface area contributed by atoms with Crippen molar-refractivity contribution < 1.29 is 17.9 Å². The lowest BCUT2D eigenvalue weighted by Gasteiger charge is -2.25. The molecule has 2 aromatic rings. The van der Waals surface area contributed by atoms with Crippen LogP contribution in [0.2, 0.25) is 0 Å². The number of hydrogen-bond acceptors (Lipinski definition) is 4. The molecule has 6 nitrogen and oxygen atoms in total. The summed E-state index contributed by atoms with van der Waals surface area (Å²) in [5.41, 5.74) is 1.27. The lowest BCUT2D eigenvalue weighted by molar-refractivity contribution is -0.119. The van der Waals surface area contributed by atoms with Crippen molar-refractivity contribution in [3.8, 4) is 0 Å². The van der Waals surface area contributed by atoms with Gasteiger partial charge in [-0.2, -0.15) is 0 Å². The van der Waals surface area contributed by atoms with Gasteiger partial charge in [-0.1, -0.05) is 36.4 Å². The molecule has 146 valence electrons. The molecule has 2 rings (SSSR count). The van der Waals surface area contributed by atoms with Crippen LogP contribution >= 0.6 is 0 Å². The molecule has 0 aliphatic rings. The first-order valence-corrected chi connectivity index (χ1v) is 10.4. The minimum absolute atomic E-state index is 0.150. The van der Waals surface area contributed by atoms with Crippen molar-refractivity contribution in [2.45, 2.75) is 25.2 Å². The van der Waals surface area contributed by atoms with Crippen LogP contribution in [0.4, 0.5) is 5.69 Å². The van der Waals surface area contributed by atoms with Gasteiger partial charge in [0.05, 0.1) is 10.6 Å². The number of amides is 1. The van der Waals surface area contributed by atoms with Crippen LogP contribution < -0.4 is 9.62 Å². The summed E-state index contributed by atoms with van der Waals surface area (Å²) in [6.45, 7) is 5.07. The molecular formula is C20H26N2O4S. The maximum absolute atomic E-state index is 13.2. The minimum Gasteiger partial charge on any atom is -0.382 e. The van der Waals surface area contributed by atoms with Gasteiger partial charge in [-0.25, -0.2) is 8.42 Å². The van der Waals surface area contributed by atoms with Crippen LogP contribution in [0.3, 0.4) is 0 Å². The highest BCUT2D eigenvalue weighted by Gasteiger charge is 2.27. The summed E-state index contributed by atoms with van der Waals surface area (Å²) in [5, 5.41) is 2.76. The van der Waals surface area contributed by atoms with E-state index >= 15 is 0 Å². The van der Waals surface area contributed by atoms with E-state index in [1.54, 1.807) is 30.3 Å². The summed E-state index contributed by atoms with van der Waals surface area (Å²) < 4.78 is 32.7. The second kappa shape index (κ2) is 10.1. The van der Waals surface area contributed by atoms with Crippen molar-refractivity contribution in [3.05, 3.63) is 60.2 Å². The average Bonchev–Trinajstić information content (AvgIpc) is 2.67. The van der Waals surface area contributed by atoms with Gasteiger partial charge in [-0.05, 0) is 44.0 Å². The van der Waals surface area contributed by atoms with E-state index in [1.165, 1.54) is 12.1 Å². The first-order chi connectivity index (χ1) is 13.0. The predicted octanol–water partition coefficient (Wildman–Crippen LogP) is 2.73. The fourth-order valence-corrected chi connectivity index (χ4v) is 4.10. The molecule has 27 heavy (non-hydrogen) atoms. The molecule has 0 radical (unpaired) electrons. The summed E-state index contributed by atoms with van der Waals surface area (Å²) >= 11 is 0. The number of sulfonamides is 1. The number of carbonyl (C=O) groups excluding carboxylic acids is 1. The van der Waals surface area contributed by atoms with Gasteiger partial charge in [-0.3, -0.25) is 9.10 Å². The molecule has 2 aromatic carbocycles. The number of aryl methyl sites for hydroxylation is 1. The third-order valence-electron chi connectivity index (χ3n) is 3.99. The molecule has 7 heteroatoms. The largest absolute Gasteiger partial charge is 0.382 e. The maximum Gasteiger partial charge on any atom is 0.264 e. The molecule has 1 N–H and O–H groups in total. The van der Waals surface area contributed by atoms with E-state index in [0.717, 1.165) is 9.87 Å². The van der Waals surface area contributed by atoms with E-state index in [4.69, 9.17) is 4.74 Å². The third-order valence-corrected chi connectivity index (χ3v) is 5.77. The molecule has 0 fully saturated rings. The molecule has 0 heterocycles. The molecule has 0 saturated heterocycles. The molecular weight excluding hydrogens is 364 g/mol. The lowest BCUT2D eigenvalue weighted by Crippen LogP contribution is -2.41. The molecule has 0 atom stereocenters. The van der Waals surface area contributed by atoms with E-state index in [0.29, 0.717) is 31.9 Å². The maximum atomic E-state index is 13.2. The monoisotopic (exact) mass is 390 g/mol. The van der Waals surface area contributed by atoms with E-state index in [-0.39, 0.29) is 17.3 Å². The normalized spacial score (nSPS) is 11.2. The Kier molecular flexibility index (Phi) is 7.82. The average molecular weight is 391 g/mol. The zero-order valence-corrected chi connectivity index (χ0v) is 16.5. The number of nitrogens with zero attached hydrogens (tertiary/aromatic N) is 1. The highest BCUT2D eigenvalue weighted by Crippen LogP contribution is 2.26. The van der Waals surface area contributed by atoms with Gasteiger partial charge in [0.1, 0.15) is 6.54 Å². The van der Waals surface area contributed by atoms with Gasteiger partial charge in [0.2, 0.25) is 5.91 Å². The third kappa shape index (κ3) is 5.80. The number of ether oxygens (including phenoxy) is 1. The molecule has 0 saturated carbocycles. The molecule has 0 aromatic heterocycles. The van der Waals surface area contributed by atoms with Crippen LogP contribution in [0.15, 0.2) is 59.5 Å². The Hall–Kier alpha value is -2.38. The van der Waals surface area contributed by atoms with Crippen LogP contribution in [0.1, 0.15) is 18.9 Å². The van der Waals surface area contributed by atoms with Gasteiger partial charge in [0.15, 0.2) is 0 Å². The molecule has 0 bridgehead atoms. The SMILES string of the molecule is CCOCCCNC(=O)CN(c1ccccc1C)S(=O)(=O)c1ccccc1. The van der Waals surface area contributed by atoms with Crippen LogP contribution in [0, 0.1) is 6.92 Å². The number of carbonyl (C=O) groups is 1. The molecule has 1 amide bonds. The van der Waals surface area contributed by atoms with Crippen molar-refractivity contribution in [1.82, 2.24) is 5.32 Å². The smallest absolute Gasteiger partial charge is 0.264 e. The number of nitrogens with one attached hydrogen (secondary N) is 1. The zero-order valence-electron chi connectivity index (χ0n) is 15.7.